The molecule has 9 nitrogen and oxygen atoms in total. The van der Waals surface area contributed by atoms with Crippen molar-refractivity contribution in [3.63, 3.8) is 0 Å². The molecule has 10 heteroatoms. The van der Waals surface area contributed by atoms with E-state index in [9.17, 15) is 14.4 Å². The van der Waals surface area contributed by atoms with Crippen molar-refractivity contribution in [1.29, 1.82) is 0 Å². The Hall–Kier alpha value is -3.33. The fraction of sp³-hybridized carbons (Fsp3) is 0.263. The number of aromatic nitrogens is 5. The number of imidazole rings is 2. The van der Waals surface area contributed by atoms with Gasteiger partial charge in [0, 0.05) is 18.4 Å². The van der Waals surface area contributed by atoms with E-state index in [1.165, 1.54) is 18.7 Å². The molecule has 0 aliphatic carbocycles. The van der Waals surface area contributed by atoms with Gasteiger partial charge in [-0.05, 0) is 26.0 Å². The van der Waals surface area contributed by atoms with Crippen molar-refractivity contribution in [3.8, 4) is 5.69 Å². The number of hydrogen-bond donors (Lipinski definition) is 0. The molecular formula is C19H18ClN5O4. The molecule has 0 amide bonds. The minimum atomic E-state index is -0.689. The Kier molecular flexibility index (Phi) is 4.34. The molecule has 0 fully saturated rings. The third kappa shape index (κ3) is 2.61. The second-order valence-electron chi connectivity index (χ2n) is 6.69. The van der Waals surface area contributed by atoms with Crippen molar-refractivity contribution in [2.45, 2.75) is 20.4 Å². The molecule has 0 unspecified atom stereocenters. The zero-order chi connectivity index (χ0) is 21.0. The fourth-order valence-electron chi connectivity index (χ4n) is 3.51. The first-order valence-electron chi connectivity index (χ1n) is 8.79. The smallest absolute Gasteiger partial charge is 0.333 e. The predicted octanol–water partition coefficient (Wildman–Crippen LogP) is 1.58. The van der Waals surface area contributed by atoms with Gasteiger partial charge in [0.1, 0.15) is 6.54 Å². The van der Waals surface area contributed by atoms with Crippen LogP contribution in [0.2, 0.25) is 5.02 Å². The van der Waals surface area contributed by atoms with E-state index in [-0.39, 0.29) is 11.2 Å². The summed E-state index contributed by atoms with van der Waals surface area (Å²) in [5.74, 6) is -0.239. The maximum atomic E-state index is 13.1. The SMILES string of the molecule is COC(=O)Cn1c(=O)c2c(nc3n(-c4ccccc4Cl)c(C)c(C)n23)n(C)c1=O. The Labute approximate surface area is 169 Å². The molecule has 0 spiro atoms. The van der Waals surface area contributed by atoms with Crippen LogP contribution in [0.4, 0.5) is 0 Å². The molecule has 29 heavy (non-hydrogen) atoms. The van der Waals surface area contributed by atoms with Crippen molar-refractivity contribution in [1.82, 2.24) is 23.1 Å². The molecule has 3 aromatic heterocycles. The van der Waals surface area contributed by atoms with Crippen molar-refractivity contribution < 1.29 is 9.53 Å². The van der Waals surface area contributed by atoms with Gasteiger partial charge in [0.05, 0.1) is 17.8 Å². The molecule has 0 aliphatic heterocycles. The van der Waals surface area contributed by atoms with Crippen LogP contribution in [0, 0.1) is 13.8 Å². The first kappa shape index (κ1) is 19.0. The number of fused-ring (bicyclic) bond motifs is 3. The summed E-state index contributed by atoms with van der Waals surface area (Å²) >= 11 is 6.40. The summed E-state index contributed by atoms with van der Waals surface area (Å²) in [7, 11) is 2.71. The van der Waals surface area contributed by atoms with E-state index in [0.29, 0.717) is 16.5 Å². The Morgan fingerprint density at radius 1 is 1.17 bits per heavy atom. The molecule has 4 aromatic rings. The number of methoxy groups -OCH3 is 1. The van der Waals surface area contributed by atoms with Gasteiger partial charge in [0.2, 0.25) is 5.78 Å². The van der Waals surface area contributed by atoms with Crippen molar-refractivity contribution in [2.75, 3.05) is 7.11 Å². The van der Waals surface area contributed by atoms with Crippen LogP contribution in [0.25, 0.3) is 22.6 Å². The summed E-state index contributed by atoms with van der Waals surface area (Å²) in [6.45, 7) is 3.27. The van der Waals surface area contributed by atoms with E-state index in [2.05, 4.69) is 9.72 Å². The number of hydrogen-bond acceptors (Lipinski definition) is 5. The number of benzene rings is 1. The number of nitrogens with zero attached hydrogens (tertiary/aromatic N) is 5. The van der Waals surface area contributed by atoms with Gasteiger partial charge in [-0.2, -0.15) is 4.98 Å². The summed E-state index contributed by atoms with van der Waals surface area (Å²) < 4.78 is 10.2. The second kappa shape index (κ2) is 6.63. The van der Waals surface area contributed by atoms with Gasteiger partial charge in [-0.3, -0.25) is 23.1 Å². The Balaban J connectivity index is 2.17. The largest absolute Gasteiger partial charge is 0.468 e. The third-order valence-corrected chi connectivity index (χ3v) is 5.45. The standard InChI is InChI=1S/C19H18ClN5O4/c1-10-11(2)25-15-16(21-18(25)24(10)13-8-6-5-7-12(13)20)22(3)19(28)23(17(15)27)9-14(26)29-4/h5-8H,9H2,1-4H3. The summed E-state index contributed by atoms with van der Waals surface area (Å²) in [5, 5.41) is 0.525. The van der Waals surface area contributed by atoms with Crippen LogP contribution in [-0.2, 0) is 23.1 Å². The molecule has 0 radical (unpaired) electrons. The number of carbonyl (C=O) groups excluding carboxylic acids is 1. The van der Waals surface area contributed by atoms with Crippen molar-refractivity contribution in [2.24, 2.45) is 7.05 Å². The van der Waals surface area contributed by atoms with Crippen LogP contribution in [0.15, 0.2) is 33.9 Å². The maximum Gasteiger partial charge on any atom is 0.333 e. The molecule has 150 valence electrons. The molecule has 0 saturated heterocycles. The topological polar surface area (TPSA) is 92.5 Å². The maximum absolute atomic E-state index is 13.1. The normalized spacial score (nSPS) is 11.5. The Bertz CT molecular complexity index is 1420. The van der Waals surface area contributed by atoms with Gasteiger partial charge in [0.15, 0.2) is 11.2 Å². The van der Waals surface area contributed by atoms with Gasteiger partial charge in [-0.15, -0.1) is 0 Å². The average molecular weight is 416 g/mol. The lowest BCUT2D eigenvalue weighted by molar-refractivity contribution is -0.141. The molecule has 4 rings (SSSR count). The summed E-state index contributed by atoms with van der Waals surface area (Å²) in [6, 6.07) is 7.30. The van der Waals surface area contributed by atoms with Gasteiger partial charge in [-0.1, -0.05) is 23.7 Å². The highest BCUT2D eigenvalue weighted by molar-refractivity contribution is 6.32. The zero-order valence-corrected chi connectivity index (χ0v) is 17.0. The number of rotatable bonds is 3. The lowest BCUT2D eigenvalue weighted by Crippen LogP contribution is -2.41. The Morgan fingerprint density at radius 3 is 2.52 bits per heavy atom. The van der Waals surface area contributed by atoms with E-state index >= 15 is 0 Å². The number of esters is 1. The molecular weight excluding hydrogens is 398 g/mol. The number of para-hydroxylation sites is 1. The van der Waals surface area contributed by atoms with Gasteiger partial charge < -0.3 is 4.74 Å². The number of carbonyl (C=O) groups is 1. The third-order valence-electron chi connectivity index (χ3n) is 5.13. The monoisotopic (exact) mass is 415 g/mol. The van der Waals surface area contributed by atoms with Gasteiger partial charge >= 0.3 is 11.7 Å². The van der Waals surface area contributed by atoms with E-state index in [0.717, 1.165) is 16.0 Å². The van der Waals surface area contributed by atoms with Crippen molar-refractivity contribution >= 4 is 34.5 Å². The molecule has 3 heterocycles. The lowest BCUT2D eigenvalue weighted by atomic mass is 10.3. The van der Waals surface area contributed by atoms with E-state index in [1.54, 1.807) is 10.5 Å². The van der Waals surface area contributed by atoms with E-state index in [4.69, 9.17) is 11.6 Å². The van der Waals surface area contributed by atoms with Crippen LogP contribution < -0.4 is 11.2 Å². The Morgan fingerprint density at radius 2 is 1.86 bits per heavy atom. The zero-order valence-electron chi connectivity index (χ0n) is 16.3. The summed E-state index contributed by atoms with van der Waals surface area (Å²) in [5.41, 5.74) is 1.49. The predicted molar refractivity (Wildman–Crippen MR) is 108 cm³/mol. The van der Waals surface area contributed by atoms with Crippen LogP contribution in [0.5, 0.6) is 0 Å². The molecule has 1 aromatic carbocycles. The molecule has 0 aliphatic rings. The van der Waals surface area contributed by atoms with E-state index < -0.39 is 23.8 Å². The van der Waals surface area contributed by atoms with Crippen LogP contribution in [-0.4, -0.2) is 36.2 Å². The first-order valence-corrected chi connectivity index (χ1v) is 9.17. The lowest BCUT2D eigenvalue weighted by Gasteiger charge is -2.08. The highest BCUT2D eigenvalue weighted by Crippen LogP contribution is 2.28. The van der Waals surface area contributed by atoms with Crippen molar-refractivity contribution in [3.05, 3.63) is 61.5 Å². The number of aryl methyl sites for hydroxylation is 2. The average Bonchev–Trinajstić information content (AvgIpc) is 3.20. The summed E-state index contributed by atoms with van der Waals surface area (Å²) in [4.78, 5) is 42.1. The second-order valence-corrected chi connectivity index (χ2v) is 7.09. The number of halogens is 1. The van der Waals surface area contributed by atoms with E-state index in [1.807, 2.05) is 36.6 Å². The molecule has 0 saturated carbocycles. The first-order chi connectivity index (χ1) is 13.8. The van der Waals surface area contributed by atoms with Crippen LogP contribution >= 0.6 is 11.6 Å². The van der Waals surface area contributed by atoms with Gasteiger partial charge in [-0.25, -0.2) is 9.36 Å². The fourth-order valence-corrected chi connectivity index (χ4v) is 3.73. The molecule has 0 bridgehead atoms. The molecule has 0 N–H and O–H groups in total. The minimum Gasteiger partial charge on any atom is -0.468 e. The highest BCUT2D eigenvalue weighted by Gasteiger charge is 2.24. The number of ether oxygens (including phenoxy) is 1. The quantitative estimate of drug-likeness (QED) is 0.474. The van der Waals surface area contributed by atoms with Crippen LogP contribution in [0.1, 0.15) is 11.4 Å². The van der Waals surface area contributed by atoms with Gasteiger partial charge in [0.25, 0.3) is 5.56 Å². The highest BCUT2D eigenvalue weighted by atomic mass is 35.5. The van der Waals surface area contributed by atoms with Crippen LogP contribution in [0.3, 0.4) is 0 Å². The molecule has 0 atom stereocenters. The summed E-state index contributed by atoms with van der Waals surface area (Å²) in [6.07, 6.45) is 0. The minimum absolute atomic E-state index is 0.206.